The second kappa shape index (κ2) is 8.55. The first-order valence-corrected chi connectivity index (χ1v) is 11.7. The van der Waals surface area contributed by atoms with Crippen LogP contribution in [0.4, 0.5) is 5.69 Å². The molecule has 2 heterocycles. The lowest BCUT2D eigenvalue weighted by Gasteiger charge is -2.34. The van der Waals surface area contributed by atoms with Crippen molar-refractivity contribution in [3.05, 3.63) is 65.3 Å². The van der Waals surface area contributed by atoms with Crippen LogP contribution >= 0.6 is 11.6 Å². The van der Waals surface area contributed by atoms with E-state index in [1.165, 1.54) is 22.5 Å². The average Bonchev–Trinajstić information content (AvgIpc) is 2.73. The van der Waals surface area contributed by atoms with Gasteiger partial charge in [-0.1, -0.05) is 17.7 Å². The molecule has 9 heteroatoms. The number of rotatable bonds is 4. The largest absolute Gasteiger partial charge is 0.373 e. The Balaban J connectivity index is 1.65. The summed E-state index contributed by atoms with van der Waals surface area (Å²) in [4.78, 5) is 17.1. The summed E-state index contributed by atoms with van der Waals surface area (Å²) in [5, 5.41) is 3.70. The number of amides is 1. The number of carbonyl (C=O) groups excluding carboxylic acids is 1. The number of anilines is 1. The second-order valence-electron chi connectivity index (χ2n) is 7.55. The first-order chi connectivity index (χ1) is 14.8. The zero-order valence-corrected chi connectivity index (χ0v) is 18.7. The van der Waals surface area contributed by atoms with Gasteiger partial charge in [0.2, 0.25) is 10.0 Å². The lowest BCUT2D eigenvalue weighted by Crippen LogP contribution is -2.48. The van der Waals surface area contributed by atoms with Crippen LogP contribution in [-0.4, -0.2) is 48.9 Å². The number of hydrogen-bond donors (Lipinski definition) is 1. The second-order valence-corrected chi connectivity index (χ2v) is 9.87. The Labute approximate surface area is 186 Å². The number of nitrogens with one attached hydrogen (secondary N) is 1. The standard InChI is InChI=1S/C22H22ClN3O4S/c1-14-12-26(13-15(2)30-14)31(28,29)21-11-16(8-9-18(21)23)22(27)25-20-7-3-6-19-17(20)5-4-10-24-19/h3-11,14-15H,12-13H2,1-2H3,(H,25,27)/t14-,15-/m1/s1. The third kappa shape index (κ3) is 4.43. The van der Waals surface area contributed by atoms with Crippen molar-refractivity contribution in [2.24, 2.45) is 0 Å². The molecule has 0 spiro atoms. The molecule has 1 aromatic heterocycles. The number of morpholine rings is 1. The molecule has 1 aliphatic rings. The Bertz CT molecular complexity index is 1230. The Morgan fingerprint density at radius 2 is 1.87 bits per heavy atom. The Hall–Kier alpha value is -2.52. The third-order valence-corrected chi connectivity index (χ3v) is 7.40. The summed E-state index contributed by atoms with van der Waals surface area (Å²) in [6.45, 7) is 4.09. The van der Waals surface area contributed by atoms with Gasteiger partial charge in [0.25, 0.3) is 5.91 Å². The minimum absolute atomic E-state index is 0.0673. The maximum Gasteiger partial charge on any atom is 0.255 e. The van der Waals surface area contributed by atoms with Crippen LogP contribution < -0.4 is 5.32 Å². The number of carbonyl (C=O) groups is 1. The van der Waals surface area contributed by atoms with E-state index in [9.17, 15) is 13.2 Å². The summed E-state index contributed by atoms with van der Waals surface area (Å²) in [6, 6.07) is 13.3. The van der Waals surface area contributed by atoms with Gasteiger partial charge >= 0.3 is 0 Å². The lowest BCUT2D eigenvalue weighted by atomic mass is 10.1. The number of benzene rings is 2. The molecule has 3 aromatic rings. The molecule has 162 valence electrons. The molecule has 31 heavy (non-hydrogen) atoms. The Morgan fingerprint density at radius 3 is 2.61 bits per heavy atom. The topological polar surface area (TPSA) is 88.6 Å². The van der Waals surface area contributed by atoms with Crippen molar-refractivity contribution in [2.45, 2.75) is 31.0 Å². The van der Waals surface area contributed by atoms with Crippen molar-refractivity contribution in [3.63, 3.8) is 0 Å². The van der Waals surface area contributed by atoms with E-state index in [1.807, 2.05) is 26.0 Å². The van der Waals surface area contributed by atoms with Gasteiger partial charge in [-0.2, -0.15) is 4.31 Å². The highest BCUT2D eigenvalue weighted by molar-refractivity contribution is 7.89. The molecule has 2 atom stereocenters. The molecule has 0 bridgehead atoms. The quantitative estimate of drug-likeness (QED) is 0.638. The summed E-state index contributed by atoms with van der Waals surface area (Å²) >= 11 is 6.24. The number of fused-ring (bicyclic) bond motifs is 1. The first-order valence-electron chi connectivity index (χ1n) is 9.86. The van der Waals surface area contributed by atoms with Gasteiger partial charge in [-0.05, 0) is 56.3 Å². The number of ether oxygens (including phenoxy) is 1. The number of hydrogen-bond acceptors (Lipinski definition) is 5. The smallest absolute Gasteiger partial charge is 0.255 e. The molecule has 1 saturated heterocycles. The molecule has 1 fully saturated rings. The van der Waals surface area contributed by atoms with Crippen LogP contribution in [-0.2, 0) is 14.8 Å². The monoisotopic (exact) mass is 459 g/mol. The third-order valence-electron chi connectivity index (χ3n) is 5.09. The van der Waals surface area contributed by atoms with E-state index >= 15 is 0 Å². The molecular weight excluding hydrogens is 438 g/mol. The maximum atomic E-state index is 13.3. The van der Waals surface area contributed by atoms with Gasteiger partial charge in [-0.3, -0.25) is 9.78 Å². The van der Waals surface area contributed by atoms with Crippen molar-refractivity contribution in [3.8, 4) is 0 Å². The highest BCUT2D eigenvalue weighted by atomic mass is 35.5. The van der Waals surface area contributed by atoms with Crippen molar-refractivity contribution in [2.75, 3.05) is 18.4 Å². The molecule has 0 aliphatic carbocycles. The fourth-order valence-corrected chi connectivity index (χ4v) is 5.81. The SMILES string of the molecule is C[C@@H]1CN(S(=O)(=O)c2cc(C(=O)Nc3cccc4ncccc34)ccc2Cl)C[C@@H](C)O1. The van der Waals surface area contributed by atoms with Gasteiger partial charge in [-0.25, -0.2) is 8.42 Å². The van der Waals surface area contributed by atoms with E-state index in [0.29, 0.717) is 5.69 Å². The van der Waals surface area contributed by atoms with Crippen molar-refractivity contribution in [1.29, 1.82) is 0 Å². The zero-order valence-electron chi connectivity index (χ0n) is 17.1. The molecular formula is C22H22ClN3O4S. The normalized spacial score (nSPS) is 20.0. The van der Waals surface area contributed by atoms with E-state index in [0.717, 1.165) is 10.9 Å². The molecule has 1 N–H and O–H groups in total. The van der Waals surface area contributed by atoms with E-state index in [4.69, 9.17) is 16.3 Å². The van der Waals surface area contributed by atoms with E-state index in [-0.39, 0.29) is 40.8 Å². The fourth-order valence-electron chi connectivity index (χ4n) is 3.72. The fraction of sp³-hybridized carbons (Fsp3) is 0.273. The molecule has 1 aliphatic heterocycles. The number of pyridine rings is 1. The highest BCUT2D eigenvalue weighted by Crippen LogP contribution is 2.29. The predicted molar refractivity (Wildman–Crippen MR) is 120 cm³/mol. The van der Waals surface area contributed by atoms with Crippen LogP contribution in [0.5, 0.6) is 0 Å². The van der Waals surface area contributed by atoms with Crippen LogP contribution in [0.1, 0.15) is 24.2 Å². The molecule has 2 aromatic carbocycles. The molecule has 0 radical (unpaired) electrons. The first kappa shape index (κ1) is 21.7. The van der Waals surface area contributed by atoms with Crippen LogP contribution in [0, 0.1) is 0 Å². The van der Waals surface area contributed by atoms with Gasteiger partial charge < -0.3 is 10.1 Å². The maximum absolute atomic E-state index is 13.3. The summed E-state index contributed by atoms with van der Waals surface area (Å²) in [6.07, 6.45) is 1.21. The van der Waals surface area contributed by atoms with Crippen LogP contribution in [0.15, 0.2) is 59.6 Å². The van der Waals surface area contributed by atoms with E-state index in [1.54, 1.807) is 24.4 Å². The predicted octanol–water partition coefficient (Wildman–Crippen LogP) is 3.94. The number of sulfonamides is 1. The highest BCUT2D eigenvalue weighted by Gasteiger charge is 2.33. The van der Waals surface area contributed by atoms with Gasteiger partial charge in [-0.15, -0.1) is 0 Å². The number of nitrogens with zero attached hydrogens (tertiary/aromatic N) is 2. The van der Waals surface area contributed by atoms with Gasteiger partial charge in [0.1, 0.15) is 4.90 Å². The van der Waals surface area contributed by atoms with E-state index in [2.05, 4.69) is 10.3 Å². The summed E-state index contributed by atoms with van der Waals surface area (Å²) < 4.78 is 33.5. The number of halogens is 1. The Morgan fingerprint density at radius 1 is 1.13 bits per heavy atom. The molecule has 1 amide bonds. The van der Waals surface area contributed by atoms with Crippen molar-refractivity contribution in [1.82, 2.24) is 9.29 Å². The van der Waals surface area contributed by atoms with Gasteiger partial charge in [0.15, 0.2) is 0 Å². The van der Waals surface area contributed by atoms with Crippen molar-refractivity contribution >= 4 is 44.1 Å². The van der Waals surface area contributed by atoms with Crippen LogP contribution in [0.25, 0.3) is 10.9 Å². The number of aromatic nitrogens is 1. The minimum Gasteiger partial charge on any atom is -0.373 e. The summed E-state index contributed by atoms with van der Waals surface area (Å²) in [5.41, 5.74) is 1.53. The summed E-state index contributed by atoms with van der Waals surface area (Å²) in [5.74, 6) is -0.437. The van der Waals surface area contributed by atoms with Crippen LogP contribution in [0.3, 0.4) is 0 Å². The Kier molecular flexibility index (Phi) is 5.98. The molecule has 0 unspecified atom stereocenters. The lowest BCUT2D eigenvalue weighted by molar-refractivity contribution is -0.0440. The molecule has 0 saturated carbocycles. The zero-order chi connectivity index (χ0) is 22.2. The van der Waals surface area contributed by atoms with Gasteiger partial charge in [0.05, 0.1) is 28.4 Å². The molecule has 7 nitrogen and oxygen atoms in total. The minimum atomic E-state index is -3.89. The van der Waals surface area contributed by atoms with Gasteiger partial charge in [0, 0.05) is 30.2 Å². The van der Waals surface area contributed by atoms with Crippen molar-refractivity contribution < 1.29 is 17.9 Å². The molecule has 4 rings (SSSR count). The average molecular weight is 460 g/mol. The van der Waals surface area contributed by atoms with E-state index < -0.39 is 15.9 Å². The van der Waals surface area contributed by atoms with Crippen LogP contribution in [0.2, 0.25) is 5.02 Å². The summed E-state index contributed by atoms with van der Waals surface area (Å²) in [7, 11) is -3.89.